The number of carboxylic acid groups (broad SMARTS) is 1. The molecular formula is C10H19NO3. The summed E-state index contributed by atoms with van der Waals surface area (Å²) in [5.41, 5.74) is 0. The van der Waals surface area contributed by atoms with Crippen molar-refractivity contribution in [3.05, 3.63) is 0 Å². The Balaban J connectivity index is 4.51. The zero-order valence-electron chi connectivity index (χ0n) is 9.28. The molecule has 0 aromatic carbocycles. The fraction of sp³-hybridized carbons (Fsp3) is 0.800. The van der Waals surface area contributed by atoms with E-state index in [0.29, 0.717) is 6.54 Å². The van der Waals surface area contributed by atoms with E-state index >= 15 is 0 Å². The number of aliphatic carboxylic acids is 1. The van der Waals surface area contributed by atoms with E-state index in [1.807, 2.05) is 20.8 Å². The molecule has 1 atom stereocenters. The van der Waals surface area contributed by atoms with Crippen LogP contribution < -0.4 is 0 Å². The van der Waals surface area contributed by atoms with Gasteiger partial charge in [0.2, 0.25) is 5.91 Å². The molecule has 1 amide bonds. The van der Waals surface area contributed by atoms with Crippen molar-refractivity contribution in [3.63, 3.8) is 0 Å². The van der Waals surface area contributed by atoms with Crippen LogP contribution in [0.4, 0.5) is 0 Å². The minimum absolute atomic E-state index is 0.0595. The predicted octanol–water partition coefficient (Wildman–Crippen LogP) is 1.35. The smallest absolute Gasteiger partial charge is 0.315 e. The van der Waals surface area contributed by atoms with Gasteiger partial charge in [-0.2, -0.15) is 0 Å². The minimum Gasteiger partial charge on any atom is -0.481 e. The van der Waals surface area contributed by atoms with Crippen LogP contribution in [-0.4, -0.2) is 34.5 Å². The molecule has 0 aliphatic heterocycles. The van der Waals surface area contributed by atoms with E-state index in [1.165, 1.54) is 6.92 Å². The van der Waals surface area contributed by atoms with Crippen molar-refractivity contribution in [2.75, 3.05) is 6.54 Å². The zero-order chi connectivity index (χ0) is 11.3. The van der Waals surface area contributed by atoms with E-state index in [1.54, 1.807) is 4.90 Å². The summed E-state index contributed by atoms with van der Waals surface area (Å²) in [5.74, 6) is -2.30. The van der Waals surface area contributed by atoms with Gasteiger partial charge in [0.1, 0.15) is 5.92 Å². The normalized spacial score (nSPS) is 12.6. The van der Waals surface area contributed by atoms with Gasteiger partial charge in [-0.25, -0.2) is 0 Å². The van der Waals surface area contributed by atoms with E-state index in [4.69, 9.17) is 5.11 Å². The molecule has 0 aromatic heterocycles. The molecule has 0 fully saturated rings. The van der Waals surface area contributed by atoms with Gasteiger partial charge >= 0.3 is 5.97 Å². The van der Waals surface area contributed by atoms with Crippen LogP contribution in [0.5, 0.6) is 0 Å². The lowest BCUT2D eigenvalue weighted by atomic mass is 10.1. The van der Waals surface area contributed by atoms with E-state index in [-0.39, 0.29) is 11.9 Å². The lowest BCUT2D eigenvalue weighted by Gasteiger charge is -2.27. The molecule has 0 radical (unpaired) electrons. The van der Waals surface area contributed by atoms with Crippen molar-refractivity contribution in [3.8, 4) is 0 Å². The molecule has 14 heavy (non-hydrogen) atoms. The first-order chi connectivity index (χ1) is 6.41. The number of rotatable bonds is 5. The molecule has 0 spiro atoms. The van der Waals surface area contributed by atoms with Crippen LogP contribution in [0.15, 0.2) is 0 Å². The highest BCUT2D eigenvalue weighted by Crippen LogP contribution is 2.07. The highest BCUT2D eigenvalue weighted by Gasteiger charge is 2.26. The predicted molar refractivity (Wildman–Crippen MR) is 53.9 cm³/mol. The molecule has 4 heteroatoms. The van der Waals surface area contributed by atoms with Crippen molar-refractivity contribution < 1.29 is 14.7 Å². The SMILES string of the molecule is CCCN(C(=O)C(C)C(=O)O)C(C)C. The number of hydrogen-bond acceptors (Lipinski definition) is 2. The number of carboxylic acids is 1. The van der Waals surface area contributed by atoms with Gasteiger partial charge in [-0.05, 0) is 27.2 Å². The maximum atomic E-state index is 11.7. The molecule has 0 saturated carbocycles. The van der Waals surface area contributed by atoms with Gasteiger partial charge in [0.05, 0.1) is 0 Å². The molecule has 1 N–H and O–H groups in total. The van der Waals surface area contributed by atoms with Crippen LogP contribution in [0.1, 0.15) is 34.1 Å². The van der Waals surface area contributed by atoms with E-state index in [0.717, 1.165) is 6.42 Å². The monoisotopic (exact) mass is 201 g/mol. The van der Waals surface area contributed by atoms with Gasteiger partial charge < -0.3 is 10.0 Å². The summed E-state index contributed by atoms with van der Waals surface area (Å²) < 4.78 is 0. The highest BCUT2D eigenvalue weighted by molar-refractivity contribution is 5.96. The van der Waals surface area contributed by atoms with Crippen LogP contribution in [0.3, 0.4) is 0 Å². The van der Waals surface area contributed by atoms with Gasteiger partial charge in [0.15, 0.2) is 0 Å². The van der Waals surface area contributed by atoms with Crippen LogP contribution in [0.25, 0.3) is 0 Å². The molecule has 4 nitrogen and oxygen atoms in total. The van der Waals surface area contributed by atoms with Gasteiger partial charge in [0, 0.05) is 12.6 Å². The first-order valence-electron chi connectivity index (χ1n) is 4.95. The van der Waals surface area contributed by atoms with Crippen molar-refractivity contribution in [1.29, 1.82) is 0 Å². The number of carbonyl (C=O) groups is 2. The fourth-order valence-electron chi connectivity index (χ4n) is 1.22. The summed E-state index contributed by atoms with van der Waals surface area (Å²) in [6, 6.07) is 0.0595. The number of amides is 1. The van der Waals surface area contributed by atoms with Crippen LogP contribution >= 0.6 is 0 Å². The van der Waals surface area contributed by atoms with Crippen LogP contribution in [-0.2, 0) is 9.59 Å². The third-order valence-corrected chi connectivity index (χ3v) is 2.11. The molecule has 1 unspecified atom stereocenters. The number of hydrogen-bond donors (Lipinski definition) is 1. The first-order valence-corrected chi connectivity index (χ1v) is 4.95. The number of nitrogens with zero attached hydrogens (tertiary/aromatic N) is 1. The Hall–Kier alpha value is -1.06. The fourth-order valence-corrected chi connectivity index (χ4v) is 1.22. The molecular weight excluding hydrogens is 182 g/mol. The zero-order valence-corrected chi connectivity index (χ0v) is 9.28. The van der Waals surface area contributed by atoms with Gasteiger partial charge in [0.25, 0.3) is 0 Å². The summed E-state index contributed by atoms with van der Waals surface area (Å²) in [6.45, 7) is 7.79. The lowest BCUT2D eigenvalue weighted by molar-refractivity contribution is -0.151. The molecule has 0 heterocycles. The highest BCUT2D eigenvalue weighted by atomic mass is 16.4. The first kappa shape index (κ1) is 12.9. The maximum absolute atomic E-state index is 11.7. The van der Waals surface area contributed by atoms with Gasteiger partial charge in [-0.15, -0.1) is 0 Å². The summed E-state index contributed by atoms with van der Waals surface area (Å²) in [6.07, 6.45) is 0.844. The van der Waals surface area contributed by atoms with Crippen molar-refractivity contribution in [2.45, 2.75) is 40.2 Å². The van der Waals surface area contributed by atoms with Gasteiger partial charge in [-0.3, -0.25) is 9.59 Å². The molecule has 0 saturated heterocycles. The molecule has 82 valence electrons. The largest absolute Gasteiger partial charge is 0.481 e. The Bertz CT molecular complexity index is 213. The molecule has 0 aliphatic rings. The third-order valence-electron chi connectivity index (χ3n) is 2.11. The Morgan fingerprint density at radius 3 is 2.07 bits per heavy atom. The van der Waals surface area contributed by atoms with Gasteiger partial charge in [-0.1, -0.05) is 6.92 Å². The van der Waals surface area contributed by atoms with E-state index in [9.17, 15) is 9.59 Å². The summed E-state index contributed by atoms with van der Waals surface area (Å²) in [7, 11) is 0. The maximum Gasteiger partial charge on any atom is 0.315 e. The lowest BCUT2D eigenvalue weighted by Crippen LogP contribution is -2.42. The van der Waals surface area contributed by atoms with E-state index < -0.39 is 11.9 Å². The Kier molecular flexibility index (Phi) is 5.20. The molecule has 0 rings (SSSR count). The van der Waals surface area contributed by atoms with Crippen LogP contribution in [0.2, 0.25) is 0 Å². The quantitative estimate of drug-likeness (QED) is 0.683. The third kappa shape index (κ3) is 3.36. The average molecular weight is 201 g/mol. The van der Waals surface area contributed by atoms with Crippen molar-refractivity contribution in [1.82, 2.24) is 4.90 Å². The number of carbonyl (C=O) groups excluding carboxylic acids is 1. The Labute approximate surface area is 84.9 Å². The second-order valence-corrected chi connectivity index (χ2v) is 3.69. The Morgan fingerprint density at radius 1 is 1.29 bits per heavy atom. The molecule has 0 bridgehead atoms. The summed E-state index contributed by atoms with van der Waals surface area (Å²) in [4.78, 5) is 23.9. The second kappa shape index (κ2) is 5.62. The topological polar surface area (TPSA) is 57.6 Å². The van der Waals surface area contributed by atoms with Crippen molar-refractivity contribution >= 4 is 11.9 Å². The Morgan fingerprint density at radius 2 is 1.79 bits per heavy atom. The second-order valence-electron chi connectivity index (χ2n) is 3.69. The average Bonchev–Trinajstić information content (AvgIpc) is 2.11. The summed E-state index contributed by atoms with van der Waals surface area (Å²) in [5, 5.41) is 8.70. The van der Waals surface area contributed by atoms with Crippen molar-refractivity contribution in [2.24, 2.45) is 5.92 Å². The molecule has 0 aromatic rings. The van der Waals surface area contributed by atoms with E-state index in [2.05, 4.69) is 0 Å². The summed E-state index contributed by atoms with van der Waals surface area (Å²) >= 11 is 0. The molecule has 0 aliphatic carbocycles. The van der Waals surface area contributed by atoms with Crippen LogP contribution in [0, 0.1) is 5.92 Å². The minimum atomic E-state index is -1.06. The standard InChI is InChI=1S/C10H19NO3/c1-5-6-11(7(2)3)9(12)8(4)10(13)14/h7-8H,5-6H2,1-4H3,(H,13,14).